The van der Waals surface area contributed by atoms with Crippen molar-refractivity contribution in [1.29, 1.82) is 0 Å². The average molecular weight is 318 g/mol. The zero-order chi connectivity index (χ0) is 16.3. The monoisotopic (exact) mass is 318 g/mol. The quantitative estimate of drug-likeness (QED) is 0.563. The van der Waals surface area contributed by atoms with Crippen molar-refractivity contribution in [2.75, 3.05) is 4.81 Å². The van der Waals surface area contributed by atoms with E-state index in [-0.39, 0.29) is 0 Å². The third-order valence-electron chi connectivity index (χ3n) is 4.73. The minimum absolute atomic E-state index is 0.522. The van der Waals surface area contributed by atoms with Crippen LogP contribution in [0.15, 0.2) is 72.4 Å². The molecule has 116 valence electrons. The largest absolute Gasteiger partial charge is 0.737 e. The Balaban J connectivity index is 1.87. The average Bonchev–Trinajstić information content (AvgIpc) is 2.60. The summed E-state index contributed by atoms with van der Waals surface area (Å²) in [6.07, 6.45) is 5.47. The first-order valence-corrected chi connectivity index (χ1v) is 7.90. The van der Waals surface area contributed by atoms with E-state index in [0.717, 1.165) is 10.9 Å². The second-order valence-corrected chi connectivity index (χ2v) is 6.11. The number of anilines is 1. The SMILES string of the molecule is F[B-]1(F)N2C(=Cc3ccc4ccccc4[n+]31)C=Cc1ccccc12. The second-order valence-electron chi connectivity index (χ2n) is 6.11. The number of allylic oxidation sites excluding steroid dienone is 1. The predicted octanol–water partition coefficient (Wildman–Crippen LogP) is 4.24. The molecule has 1 aromatic heterocycles. The van der Waals surface area contributed by atoms with Crippen LogP contribution in [0.3, 0.4) is 0 Å². The van der Waals surface area contributed by atoms with Crippen molar-refractivity contribution in [3.63, 3.8) is 0 Å². The molecule has 3 aromatic rings. The summed E-state index contributed by atoms with van der Waals surface area (Å²) in [6, 6.07) is 18.2. The molecule has 0 saturated carbocycles. The number of halogens is 2. The third kappa shape index (κ3) is 1.67. The molecular weight excluding hydrogens is 305 g/mol. The summed E-state index contributed by atoms with van der Waals surface area (Å²) < 4.78 is 32.4. The van der Waals surface area contributed by atoms with Gasteiger partial charge in [-0.15, -0.1) is 0 Å². The number of nitrogens with zero attached hydrogens (tertiary/aromatic N) is 2. The number of para-hydroxylation sites is 2. The molecule has 2 aromatic carbocycles. The number of benzene rings is 2. The molecule has 0 aliphatic carbocycles. The maximum absolute atomic E-state index is 15.6. The fraction of sp³-hybridized carbons (Fsp3) is 0. The van der Waals surface area contributed by atoms with E-state index in [1.807, 2.05) is 42.5 Å². The van der Waals surface area contributed by atoms with Gasteiger partial charge in [0.2, 0.25) is 0 Å². The molecule has 5 heteroatoms. The highest BCUT2D eigenvalue weighted by molar-refractivity contribution is 6.63. The Labute approximate surface area is 138 Å². The summed E-state index contributed by atoms with van der Waals surface area (Å²) in [4.78, 5) is 1.18. The summed E-state index contributed by atoms with van der Waals surface area (Å²) in [5, 5.41) is 0.806. The Morgan fingerprint density at radius 2 is 1.62 bits per heavy atom. The molecule has 0 N–H and O–H groups in total. The third-order valence-corrected chi connectivity index (χ3v) is 4.73. The minimum atomic E-state index is -3.99. The van der Waals surface area contributed by atoms with E-state index in [0.29, 0.717) is 22.6 Å². The van der Waals surface area contributed by atoms with Gasteiger partial charge < -0.3 is 17.9 Å². The van der Waals surface area contributed by atoms with Crippen LogP contribution in [0.4, 0.5) is 14.3 Å². The fourth-order valence-electron chi connectivity index (χ4n) is 3.68. The highest BCUT2D eigenvalue weighted by Crippen LogP contribution is 2.38. The number of fused-ring (bicyclic) bond motifs is 6. The Hall–Kier alpha value is -2.95. The van der Waals surface area contributed by atoms with Crippen LogP contribution in [0.2, 0.25) is 0 Å². The van der Waals surface area contributed by atoms with Gasteiger partial charge in [-0.3, -0.25) is 0 Å². The maximum Gasteiger partial charge on any atom is 0.737 e. The van der Waals surface area contributed by atoms with Gasteiger partial charge in [-0.05, 0) is 29.8 Å². The lowest BCUT2D eigenvalue weighted by molar-refractivity contribution is -0.541. The molecule has 0 amide bonds. The molecule has 0 radical (unpaired) electrons. The predicted molar refractivity (Wildman–Crippen MR) is 93.4 cm³/mol. The zero-order valence-electron chi connectivity index (χ0n) is 12.7. The van der Waals surface area contributed by atoms with Gasteiger partial charge in [0.1, 0.15) is 0 Å². The summed E-state index contributed by atoms with van der Waals surface area (Å²) in [7, 11) is 0. The Bertz CT molecular complexity index is 1060. The number of rotatable bonds is 0. The smallest absolute Gasteiger partial charge is 0.390 e. The van der Waals surface area contributed by atoms with Gasteiger partial charge in [-0.25, -0.2) is 0 Å². The van der Waals surface area contributed by atoms with Crippen molar-refractivity contribution in [3.05, 3.63) is 83.7 Å². The summed E-state index contributed by atoms with van der Waals surface area (Å²) >= 11 is 0. The molecule has 0 atom stereocenters. The molecule has 0 spiro atoms. The lowest BCUT2D eigenvalue weighted by atomic mass is 9.83. The standard InChI is InChI=1S/C19H13BF2N2/c21-20(22)23-16(11-9-14-5-1-3-7-18(14)23)13-17-12-10-15-6-2-4-8-19(15)24(17)20/h1-13H. The van der Waals surface area contributed by atoms with Crippen LogP contribution in [-0.4, -0.2) is 6.97 Å². The molecule has 5 rings (SSSR count). The molecule has 0 saturated heterocycles. The molecular formula is C19H13BF2N2. The van der Waals surface area contributed by atoms with Gasteiger partial charge >= 0.3 is 6.97 Å². The van der Waals surface area contributed by atoms with Crippen LogP contribution in [0.1, 0.15) is 11.3 Å². The highest BCUT2D eigenvalue weighted by Gasteiger charge is 2.53. The van der Waals surface area contributed by atoms with Crippen molar-refractivity contribution in [2.45, 2.75) is 0 Å². The van der Waals surface area contributed by atoms with E-state index in [1.165, 1.54) is 9.29 Å². The van der Waals surface area contributed by atoms with Gasteiger partial charge in [0.15, 0.2) is 11.2 Å². The number of pyridine rings is 1. The molecule has 2 nitrogen and oxygen atoms in total. The Morgan fingerprint density at radius 3 is 2.54 bits per heavy atom. The number of hydrogen-bond donors (Lipinski definition) is 0. The number of hydrogen-bond acceptors (Lipinski definition) is 1. The van der Waals surface area contributed by atoms with Crippen LogP contribution in [0.5, 0.6) is 0 Å². The van der Waals surface area contributed by atoms with E-state index in [1.54, 1.807) is 36.4 Å². The van der Waals surface area contributed by atoms with Gasteiger partial charge in [0.25, 0.3) is 0 Å². The number of aromatic nitrogens is 1. The molecule has 0 bridgehead atoms. The van der Waals surface area contributed by atoms with Crippen molar-refractivity contribution in [1.82, 2.24) is 0 Å². The summed E-state index contributed by atoms with van der Waals surface area (Å²) in [6.45, 7) is -3.99. The summed E-state index contributed by atoms with van der Waals surface area (Å²) in [5.74, 6) is 0. The topological polar surface area (TPSA) is 7.12 Å². The maximum atomic E-state index is 15.6. The lowest BCUT2D eigenvalue weighted by Gasteiger charge is -2.41. The van der Waals surface area contributed by atoms with Crippen molar-refractivity contribution in [2.24, 2.45) is 0 Å². The van der Waals surface area contributed by atoms with E-state index >= 15 is 8.63 Å². The van der Waals surface area contributed by atoms with E-state index in [2.05, 4.69) is 0 Å². The van der Waals surface area contributed by atoms with Crippen LogP contribution in [-0.2, 0) is 0 Å². The Kier molecular flexibility index (Phi) is 2.55. The van der Waals surface area contributed by atoms with Gasteiger partial charge in [0.05, 0.1) is 0 Å². The molecule has 24 heavy (non-hydrogen) atoms. The molecule has 0 fully saturated rings. The zero-order valence-corrected chi connectivity index (χ0v) is 12.7. The van der Waals surface area contributed by atoms with Crippen molar-refractivity contribution in [3.8, 4) is 0 Å². The Morgan fingerprint density at radius 1 is 0.833 bits per heavy atom. The van der Waals surface area contributed by atoms with E-state index < -0.39 is 6.97 Å². The van der Waals surface area contributed by atoms with Crippen LogP contribution >= 0.6 is 0 Å². The first-order chi connectivity index (χ1) is 11.7. The van der Waals surface area contributed by atoms with Crippen molar-refractivity contribution < 1.29 is 13.1 Å². The summed E-state index contributed by atoms with van der Waals surface area (Å²) in [5.41, 5.74) is 2.94. The van der Waals surface area contributed by atoms with Gasteiger partial charge in [-0.2, -0.15) is 0 Å². The molecule has 2 aliphatic rings. The molecule has 2 aliphatic heterocycles. The lowest BCUT2D eigenvalue weighted by Crippen LogP contribution is -2.72. The van der Waals surface area contributed by atoms with Crippen LogP contribution in [0, 0.1) is 0 Å². The van der Waals surface area contributed by atoms with Crippen LogP contribution in [0.25, 0.3) is 23.1 Å². The highest BCUT2D eigenvalue weighted by atomic mass is 19.2. The first-order valence-electron chi connectivity index (χ1n) is 7.90. The second kappa shape index (κ2) is 4.54. The normalized spacial score (nSPS) is 17.1. The van der Waals surface area contributed by atoms with Gasteiger partial charge in [0, 0.05) is 35.0 Å². The van der Waals surface area contributed by atoms with E-state index in [9.17, 15) is 0 Å². The molecule has 3 heterocycles. The minimum Gasteiger partial charge on any atom is -0.390 e. The van der Waals surface area contributed by atoms with E-state index in [4.69, 9.17) is 0 Å². The van der Waals surface area contributed by atoms with Gasteiger partial charge in [-0.1, -0.05) is 36.4 Å². The van der Waals surface area contributed by atoms with Crippen LogP contribution < -0.4 is 9.29 Å². The molecule has 0 unspecified atom stereocenters. The van der Waals surface area contributed by atoms with Crippen molar-refractivity contribution >= 4 is 35.7 Å². The fourth-order valence-corrected chi connectivity index (χ4v) is 3.68. The first kappa shape index (κ1) is 13.5.